The fourth-order valence-corrected chi connectivity index (χ4v) is 5.41. The van der Waals surface area contributed by atoms with Gasteiger partial charge in [0.1, 0.15) is 10.7 Å². The molecule has 0 aromatic carbocycles. The topological polar surface area (TPSA) is 65.5 Å². The SMILES string of the molecule is CC(C)CN1CCC[C@@H]1CNc1ccc(S(=O)(=O)N2CCCCC2)cn1. The molecule has 2 fully saturated rings. The molecule has 2 aliphatic rings. The van der Waals surface area contributed by atoms with Crippen LogP contribution in [0.5, 0.6) is 0 Å². The number of pyridine rings is 1. The first-order valence-corrected chi connectivity index (χ1v) is 11.3. The Balaban J connectivity index is 1.57. The lowest BCUT2D eigenvalue weighted by molar-refractivity contribution is 0.234. The standard InChI is InChI=1S/C19H32N4O2S/c1-16(2)15-22-10-6-7-17(22)13-20-19-9-8-18(14-21-19)26(24,25)23-11-4-3-5-12-23/h8-9,14,16-17H,3-7,10-13,15H2,1-2H3,(H,20,21)/t17-/m1/s1. The Labute approximate surface area is 158 Å². The Bertz CT molecular complexity index is 669. The van der Waals surface area contributed by atoms with Crippen molar-refractivity contribution >= 4 is 15.8 Å². The first kappa shape index (κ1) is 19.6. The van der Waals surface area contributed by atoms with Crippen LogP contribution in [0.3, 0.4) is 0 Å². The number of hydrogen-bond acceptors (Lipinski definition) is 5. The van der Waals surface area contributed by atoms with E-state index in [-0.39, 0.29) is 0 Å². The third kappa shape index (κ3) is 4.75. The van der Waals surface area contributed by atoms with Crippen LogP contribution in [0.25, 0.3) is 0 Å². The Morgan fingerprint density at radius 3 is 2.58 bits per heavy atom. The summed E-state index contributed by atoms with van der Waals surface area (Å²) in [5.74, 6) is 1.42. The lowest BCUT2D eigenvalue weighted by Crippen LogP contribution is -2.37. The maximum absolute atomic E-state index is 12.7. The molecule has 3 rings (SSSR count). The van der Waals surface area contributed by atoms with E-state index in [0.29, 0.717) is 29.9 Å². The monoisotopic (exact) mass is 380 g/mol. The average Bonchev–Trinajstić information content (AvgIpc) is 3.07. The molecule has 1 aromatic heterocycles. The van der Waals surface area contributed by atoms with Crippen LogP contribution in [0.2, 0.25) is 0 Å². The summed E-state index contributed by atoms with van der Waals surface area (Å²) in [6, 6.07) is 4.01. The van der Waals surface area contributed by atoms with Crippen molar-refractivity contribution in [2.75, 3.05) is 38.0 Å². The van der Waals surface area contributed by atoms with Gasteiger partial charge in [-0.05, 0) is 50.3 Å². The van der Waals surface area contributed by atoms with Crippen molar-refractivity contribution in [1.82, 2.24) is 14.2 Å². The van der Waals surface area contributed by atoms with E-state index in [0.717, 1.165) is 38.2 Å². The van der Waals surface area contributed by atoms with Crippen LogP contribution in [0.1, 0.15) is 46.0 Å². The summed E-state index contributed by atoms with van der Waals surface area (Å²) < 4.78 is 26.9. The summed E-state index contributed by atoms with van der Waals surface area (Å²) >= 11 is 0. The van der Waals surface area contributed by atoms with Crippen LogP contribution in [0, 0.1) is 5.92 Å². The highest BCUT2D eigenvalue weighted by atomic mass is 32.2. The minimum Gasteiger partial charge on any atom is -0.369 e. The number of hydrogen-bond donors (Lipinski definition) is 1. The lowest BCUT2D eigenvalue weighted by atomic mass is 10.1. The molecule has 0 unspecified atom stereocenters. The highest BCUT2D eigenvalue weighted by Crippen LogP contribution is 2.22. The van der Waals surface area contributed by atoms with Gasteiger partial charge in [-0.1, -0.05) is 20.3 Å². The second kappa shape index (κ2) is 8.67. The quantitative estimate of drug-likeness (QED) is 0.788. The van der Waals surface area contributed by atoms with Crippen LogP contribution in [0.4, 0.5) is 5.82 Å². The molecule has 7 heteroatoms. The molecular weight excluding hydrogens is 348 g/mol. The summed E-state index contributed by atoms with van der Waals surface area (Å²) in [7, 11) is -3.40. The van der Waals surface area contributed by atoms with Crippen molar-refractivity contribution in [2.24, 2.45) is 5.92 Å². The molecule has 0 bridgehead atoms. The summed E-state index contributed by atoms with van der Waals surface area (Å²) in [6.07, 6.45) is 6.96. The molecule has 0 radical (unpaired) electrons. The summed E-state index contributed by atoms with van der Waals surface area (Å²) in [5.41, 5.74) is 0. The zero-order valence-corrected chi connectivity index (χ0v) is 16.8. The molecule has 2 aliphatic heterocycles. The summed E-state index contributed by atoms with van der Waals surface area (Å²) in [6.45, 7) is 8.92. The van der Waals surface area contributed by atoms with Crippen LogP contribution in [-0.4, -0.2) is 61.4 Å². The fraction of sp³-hybridized carbons (Fsp3) is 0.737. The van der Waals surface area contributed by atoms with Gasteiger partial charge in [0.05, 0.1) is 0 Å². The zero-order valence-electron chi connectivity index (χ0n) is 16.0. The van der Waals surface area contributed by atoms with Gasteiger partial charge in [-0.3, -0.25) is 4.90 Å². The first-order valence-electron chi connectivity index (χ1n) is 9.91. The molecule has 1 atom stereocenters. The van der Waals surface area contributed by atoms with E-state index >= 15 is 0 Å². The molecular formula is C19H32N4O2S. The minimum atomic E-state index is -3.40. The molecule has 2 saturated heterocycles. The van der Waals surface area contributed by atoms with Gasteiger partial charge in [0.15, 0.2) is 0 Å². The third-order valence-corrected chi connectivity index (χ3v) is 7.19. The van der Waals surface area contributed by atoms with Gasteiger partial charge in [0.25, 0.3) is 0 Å². The van der Waals surface area contributed by atoms with E-state index < -0.39 is 10.0 Å². The van der Waals surface area contributed by atoms with Gasteiger partial charge in [-0.2, -0.15) is 4.31 Å². The normalized spacial score (nSPS) is 22.8. The number of rotatable bonds is 7. The van der Waals surface area contributed by atoms with Gasteiger partial charge < -0.3 is 5.32 Å². The lowest BCUT2D eigenvalue weighted by Gasteiger charge is -2.27. The molecule has 0 aliphatic carbocycles. The van der Waals surface area contributed by atoms with E-state index in [1.807, 2.05) is 0 Å². The second-order valence-corrected chi connectivity index (χ2v) is 9.85. The second-order valence-electron chi connectivity index (χ2n) is 7.91. The van der Waals surface area contributed by atoms with Gasteiger partial charge in [0, 0.05) is 38.4 Å². The van der Waals surface area contributed by atoms with E-state index in [2.05, 4.69) is 29.0 Å². The smallest absolute Gasteiger partial charge is 0.244 e. The van der Waals surface area contributed by atoms with E-state index in [4.69, 9.17) is 0 Å². The Morgan fingerprint density at radius 2 is 1.92 bits per heavy atom. The highest BCUT2D eigenvalue weighted by molar-refractivity contribution is 7.89. The number of sulfonamides is 1. The van der Waals surface area contributed by atoms with Crippen molar-refractivity contribution in [1.29, 1.82) is 0 Å². The molecule has 26 heavy (non-hydrogen) atoms. The Hall–Kier alpha value is -1.18. The van der Waals surface area contributed by atoms with Crippen LogP contribution >= 0.6 is 0 Å². The highest BCUT2D eigenvalue weighted by Gasteiger charge is 2.27. The fourth-order valence-electron chi connectivity index (χ4n) is 3.95. The van der Waals surface area contributed by atoms with Gasteiger partial charge in [-0.15, -0.1) is 0 Å². The molecule has 1 N–H and O–H groups in total. The maximum atomic E-state index is 12.7. The largest absolute Gasteiger partial charge is 0.369 e. The predicted molar refractivity (Wildman–Crippen MR) is 105 cm³/mol. The number of piperidine rings is 1. The van der Waals surface area contributed by atoms with Crippen molar-refractivity contribution in [3.8, 4) is 0 Å². The first-order chi connectivity index (χ1) is 12.5. The number of likely N-dealkylation sites (tertiary alicyclic amines) is 1. The molecule has 0 spiro atoms. The molecule has 6 nitrogen and oxygen atoms in total. The summed E-state index contributed by atoms with van der Waals surface area (Å²) in [4.78, 5) is 7.20. The third-order valence-electron chi connectivity index (χ3n) is 5.31. The zero-order chi connectivity index (χ0) is 18.6. The van der Waals surface area contributed by atoms with Gasteiger partial charge in [0.2, 0.25) is 10.0 Å². The van der Waals surface area contributed by atoms with Crippen LogP contribution in [-0.2, 0) is 10.0 Å². The van der Waals surface area contributed by atoms with Crippen molar-refractivity contribution in [3.63, 3.8) is 0 Å². The minimum absolute atomic E-state index is 0.298. The number of nitrogens with zero attached hydrogens (tertiary/aromatic N) is 3. The van der Waals surface area contributed by atoms with Crippen LogP contribution in [0.15, 0.2) is 23.2 Å². The average molecular weight is 381 g/mol. The van der Waals surface area contributed by atoms with Crippen molar-refractivity contribution < 1.29 is 8.42 Å². The molecule has 1 aromatic rings. The van der Waals surface area contributed by atoms with Crippen molar-refractivity contribution in [2.45, 2.75) is 56.9 Å². The predicted octanol–water partition coefficient (Wildman–Crippen LogP) is 2.79. The van der Waals surface area contributed by atoms with Crippen LogP contribution < -0.4 is 5.32 Å². The van der Waals surface area contributed by atoms with Gasteiger partial charge >= 0.3 is 0 Å². The number of nitrogens with one attached hydrogen (secondary N) is 1. The Kier molecular flexibility index (Phi) is 6.53. The van der Waals surface area contributed by atoms with Crippen molar-refractivity contribution in [3.05, 3.63) is 18.3 Å². The number of aromatic nitrogens is 1. The molecule has 0 saturated carbocycles. The molecule has 146 valence electrons. The summed E-state index contributed by atoms with van der Waals surface area (Å²) in [5, 5.41) is 3.39. The van der Waals surface area contributed by atoms with E-state index in [9.17, 15) is 8.42 Å². The molecule has 0 amide bonds. The van der Waals surface area contributed by atoms with Gasteiger partial charge in [-0.25, -0.2) is 13.4 Å². The van der Waals surface area contributed by atoms with E-state index in [1.165, 1.54) is 25.6 Å². The number of anilines is 1. The maximum Gasteiger partial charge on any atom is 0.244 e. The molecule has 3 heterocycles. The Morgan fingerprint density at radius 1 is 1.15 bits per heavy atom. The van der Waals surface area contributed by atoms with E-state index in [1.54, 1.807) is 16.4 Å².